The van der Waals surface area contributed by atoms with Crippen molar-refractivity contribution in [2.24, 2.45) is 0 Å². The predicted molar refractivity (Wildman–Crippen MR) is 66.5 cm³/mol. The number of carboxylic acid groups (broad SMARTS) is 1. The van der Waals surface area contributed by atoms with E-state index < -0.39 is 22.8 Å². The van der Waals surface area contributed by atoms with Crippen LogP contribution >= 0.6 is 11.6 Å². The zero-order chi connectivity index (χ0) is 13.4. The fourth-order valence-corrected chi connectivity index (χ4v) is 1.81. The second-order valence-corrected chi connectivity index (χ2v) is 3.96. The fourth-order valence-electron chi connectivity index (χ4n) is 1.65. The van der Waals surface area contributed by atoms with Gasteiger partial charge >= 0.3 is 5.97 Å². The van der Waals surface area contributed by atoms with Crippen molar-refractivity contribution in [2.75, 3.05) is 0 Å². The van der Waals surface area contributed by atoms with Crippen LogP contribution in [0.15, 0.2) is 29.7 Å². The van der Waals surface area contributed by atoms with Gasteiger partial charge in [0.1, 0.15) is 11.4 Å². The standard InChI is InChI=1S/C12H7ClFNO3/c1-2-15-5-7(12(17)18)11(16)6-3-9(14)8(13)4-10(6)15/h2-5H,1H2,(H,17,18). The first-order valence-corrected chi connectivity index (χ1v) is 5.23. The number of rotatable bonds is 2. The molecule has 1 aromatic heterocycles. The molecule has 6 heteroatoms. The lowest BCUT2D eigenvalue weighted by atomic mass is 10.1. The Bertz CT molecular complexity index is 736. The summed E-state index contributed by atoms with van der Waals surface area (Å²) in [6.07, 6.45) is 2.43. The van der Waals surface area contributed by atoms with Gasteiger partial charge in [0, 0.05) is 17.8 Å². The van der Waals surface area contributed by atoms with Gasteiger partial charge in [0.05, 0.1) is 10.5 Å². The van der Waals surface area contributed by atoms with Gasteiger partial charge in [0.2, 0.25) is 5.43 Å². The molecule has 1 N–H and O–H groups in total. The highest BCUT2D eigenvalue weighted by molar-refractivity contribution is 6.31. The number of aromatic carboxylic acids is 1. The number of benzene rings is 1. The molecule has 0 bridgehead atoms. The van der Waals surface area contributed by atoms with Crippen molar-refractivity contribution in [2.45, 2.75) is 0 Å². The third-order valence-electron chi connectivity index (χ3n) is 2.50. The van der Waals surface area contributed by atoms with Gasteiger partial charge in [-0.25, -0.2) is 9.18 Å². The molecule has 4 nitrogen and oxygen atoms in total. The maximum absolute atomic E-state index is 13.3. The van der Waals surface area contributed by atoms with E-state index in [4.69, 9.17) is 16.7 Å². The summed E-state index contributed by atoms with van der Waals surface area (Å²) in [6, 6.07) is 2.17. The Balaban J connectivity index is 3.03. The van der Waals surface area contributed by atoms with Gasteiger partial charge in [0.25, 0.3) is 0 Å². The van der Waals surface area contributed by atoms with Crippen molar-refractivity contribution >= 4 is 34.7 Å². The molecule has 2 rings (SSSR count). The lowest BCUT2D eigenvalue weighted by Gasteiger charge is -2.08. The van der Waals surface area contributed by atoms with Crippen molar-refractivity contribution in [3.8, 4) is 0 Å². The summed E-state index contributed by atoms with van der Waals surface area (Å²) in [4.78, 5) is 22.8. The number of carbonyl (C=O) groups is 1. The normalized spacial score (nSPS) is 10.6. The topological polar surface area (TPSA) is 59.3 Å². The predicted octanol–water partition coefficient (Wildman–Crippen LogP) is 2.59. The smallest absolute Gasteiger partial charge is 0.341 e. The van der Waals surface area contributed by atoms with Gasteiger partial charge in [-0.1, -0.05) is 18.2 Å². The molecule has 1 aromatic carbocycles. The third kappa shape index (κ3) is 1.78. The Labute approximate surface area is 106 Å². The number of carboxylic acids is 1. The molecule has 0 fully saturated rings. The highest BCUT2D eigenvalue weighted by atomic mass is 35.5. The first-order chi connectivity index (χ1) is 8.45. The molecule has 0 aliphatic carbocycles. The van der Waals surface area contributed by atoms with Gasteiger partial charge in [0.15, 0.2) is 0 Å². The van der Waals surface area contributed by atoms with Crippen LogP contribution in [0.3, 0.4) is 0 Å². The molecular formula is C12H7ClFNO3. The lowest BCUT2D eigenvalue weighted by Crippen LogP contribution is -2.17. The number of aromatic nitrogens is 1. The largest absolute Gasteiger partial charge is 0.477 e. The summed E-state index contributed by atoms with van der Waals surface area (Å²) >= 11 is 5.63. The molecule has 0 aliphatic heterocycles. The highest BCUT2D eigenvalue weighted by Gasteiger charge is 2.15. The monoisotopic (exact) mass is 267 g/mol. The fraction of sp³-hybridized carbons (Fsp3) is 0. The van der Waals surface area contributed by atoms with Crippen LogP contribution in [0.2, 0.25) is 5.02 Å². The van der Waals surface area contributed by atoms with Crippen molar-refractivity contribution < 1.29 is 14.3 Å². The van der Waals surface area contributed by atoms with E-state index in [1.54, 1.807) is 0 Å². The van der Waals surface area contributed by atoms with Gasteiger partial charge in [-0.15, -0.1) is 0 Å². The average molecular weight is 268 g/mol. The van der Waals surface area contributed by atoms with Crippen LogP contribution < -0.4 is 5.43 Å². The lowest BCUT2D eigenvalue weighted by molar-refractivity contribution is 0.0695. The molecule has 0 aliphatic rings. The highest BCUT2D eigenvalue weighted by Crippen LogP contribution is 2.21. The van der Waals surface area contributed by atoms with Gasteiger partial charge in [-0.05, 0) is 12.1 Å². The molecule has 0 unspecified atom stereocenters. The van der Waals surface area contributed by atoms with Gasteiger partial charge in [-0.3, -0.25) is 4.79 Å². The summed E-state index contributed by atoms with van der Waals surface area (Å²) in [7, 11) is 0. The molecule has 2 aromatic rings. The first-order valence-electron chi connectivity index (χ1n) is 4.85. The minimum atomic E-state index is -1.38. The number of halogens is 2. The number of hydrogen-bond donors (Lipinski definition) is 1. The minimum Gasteiger partial charge on any atom is -0.477 e. The van der Waals surface area contributed by atoms with E-state index in [1.807, 2.05) is 0 Å². The Morgan fingerprint density at radius 3 is 2.72 bits per heavy atom. The maximum atomic E-state index is 13.3. The molecule has 0 amide bonds. The summed E-state index contributed by atoms with van der Waals surface area (Å²) in [6.45, 7) is 3.49. The van der Waals surface area contributed by atoms with E-state index in [-0.39, 0.29) is 10.4 Å². The van der Waals surface area contributed by atoms with E-state index in [0.29, 0.717) is 5.52 Å². The molecule has 0 saturated carbocycles. The Kier molecular flexibility index (Phi) is 2.92. The van der Waals surface area contributed by atoms with E-state index in [2.05, 4.69) is 6.58 Å². The van der Waals surface area contributed by atoms with Crippen LogP contribution in [0.4, 0.5) is 4.39 Å². The number of fused-ring (bicyclic) bond motifs is 1. The minimum absolute atomic E-state index is 0.0586. The van der Waals surface area contributed by atoms with Crippen LogP contribution in [0.25, 0.3) is 17.1 Å². The van der Waals surface area contributed by atoms with E-state index in [0.717, 1.165) is 12.3 Å². The molecule has 0 saturated heterocycles. The number of pyridine rings is 1. The van der Waals surface area contributed by atoms with Crippen molar-refractivity contribution in [3.63, 3.8) is 0 Å². The molecule has 18 heavy (non-hydrogen) atoms. The Morgan fingerprint density at radius 2 is 2.17 bits per heavy atom. The van der Waals surface area contributed by atoms with Crippen LogP contribution in [0, 0.1) is 5.82 Å². The summed E-state index contributed by atoms with van der Waals surface area (Å²) < 4.78 is 14.7. The second kappa shape index (κ2) is 4.27. The van der Waals surface area contributed by atoms with Crippen molar-refractivity contribution in [3.05, 3.63) is 51.5 Å². The zero-order valence-electron chi connectivity index (χ0n) is 8.98. The molecular weight excluding hydrogens is 261 g/mol. The quantitative estimate of drug-likeness (QED) is 0.910. The Morgan fingerprint density at radius 1 is 1.50 bits per heavy atom. The Hall–Kier alpha value is -2.14. The summed E-state index contributed by atoms with van der Waals surface area (Å²) in [5.74, 6) is -2.16. The SMILES string of the molecule is C=Cn1cc(C(=O)O)c(=O)c2cc(F)c(Cl)cc21. The number of hydrogen-bond acceptors (Lipinski definition) is 2. The summed E-state index contributed by atoms with van der Waals surface area (Å²) in [5.41, 5.74) is -0.915. The van der Waals surface area contributed by atoms with Crippen molar-refractivity contribution in [1.29, 1.82) is 0 Å². The third-order valence-corrected chi connectivity index (χ3v) is 2.79. The maximum Gasteiger partial charge on any atom is 0.341 e. The van der Waals surface area contributed by atoms with Gasteiger partial charge in [-0.2, -0.15) is 0 Å². The van der Waals surface area contributed by atoms with Crippen LogP contribution in [0.5, 0.6) is 0 Å². The molecule has 0 spiro atoms. The van der Waals surface area contributed by atoms with E-state index >= 15 is 0 Å². The van der Waals surface area contributed by atoms with Crippen LogP contribution in [0.1, 0.15) is 10.4 Å². The van der Waals surface area contributed by atoms with Crippen LogP contribution in [-0.2, 0) is 0 Å². The number of nitrogens with zero attached hydrogens (tertiary/aromatic N) is 1. The first kappa shape index (κ1) is 12.3. The average Bonchev–Trinajstić information content (AvgIpc) is 2.32. The zero-order valence-corrected chi connectivity index (χ0v) is 9.74. The van der Waals surface area contributed by atoms with Gasteiger partial charge < -0.3 is 9.67 Å². The van der Waals surface area contributed by atoms with Crippen LogP contribution in [-0.4, -0.2) is 15.6 Å². The van der Waals surface area contributed by atoms with E-state index in [9.17, 15) is 14.0 Å². The summed E-state index contributed by atoms with van der Waals surface area (Å²) in [5, 5.41) is 8.69. The molecule has 92 valence electrons. The van der Waals surface area contributed by atoms with Crippen molar-refractivity contribution in [1.82, 2.24) is 4.57 Å². The second-order valence-electron chi connectivity index (χ2n) is 3.55. The molecule has 0 radical (unpaired) electrons. The molecule has 0 atom stereocenters. The van der Waals surface area contributed by atoms with E-state index in [1.165, 1.54) is 16.8 Å². The molecule has 1 heterocycles.